The third kappa shape index (κ3) is 5.38. The van der Waals surface area contributed by atoms with Crippen LogP contribution in [0, 0.1) is 11.7 Å². The summed E-state index contributed by atoms with van der Waals surface area (Å²) in [6, 6.07) is 11.9. The number of rotatable bonds is 7. The van der Waals surface area contributed by atoms with E-state index in [1.807, 2.05) is 18.2 Å². The van der Waals surface area contributed by atoms with E-state index in [2.05, 4.69) is 10.6 Å². The van der Waals surface area contributed by atoms with Crippen LogP contribution in [-0.4, -0.2) is 55.1 Å². The molecule has 2 fully saturated rings. The number of carbonyl (C=O) groups is 2. The van der Waals surface area contributed by atoms with Crippen molar-refractivity contribution in [2.24, 2.45) is 5.92 Å². The van der Waals surface area contributed by atoms with E-state index in [0.29, 0.717) is 49.5 Å². The summed E-state index contributed by atoms with van der Waals surface area (Å²) >= 11 is 0. The van der Waals surface area contributed by atoms with Gasteiger partial charge in [0.05, 0.1) is 19.1 Å². The molecule has 3 aliphatic rings. The van der Waals surface area contributed by atoms with Crippen molar-refractivity contribution in [2.75, 3.05) is 25.1 Å². The van der Waals surface area contributed by atoms with Gasteiger partial charge in [-0.25, -0.2) is 4.39 Å². The molecule has 4 atom stereocenters. The van der Waals surface area contributed by atoms with Gasteiger partial charge in [-0.05, 0) is 43.5 Å². The minimum atomic E-state index is -0.583. The number of nitrogens with one attached hydrogen (secondary N) is 2. The SMILES string of the molecule is O=C(C[C@H]1C[C@H]2c3cc(NC(=O)C4CCOCC4)ccc3O[C@H]2[C@@H](CO)O1)NCc1ccccc1F. The molecule has 2 amide bonds. The summed E-state index contributed by atoms with van der Waals surface area (Å²) in [6.45, 7) is 1.04. The summed E-state index contributed by atoms with van der Waals surface area (Å²) in [5.41, 5.74) is 2.04. The third-order valence-electron chi connectivity index (χ3n) is 7.21. The van der Waals surface area contributed by atoms with Gasteiger partial charge < -0.3 is 30.0 Å². The first-order valence-electron chi connectivity index (χ1n) is 12.5. The van der Waals surface area contributed by atoms with Gasteiger partial charge in [0, 0.05) is 48.4 Å². The minimum absolute atomic E-state index is 0.0154. The fourth-order valence-corrected chi connectivity index (χ4v) is 5.29. The Labute approximate surface area is 209 Å². The number of carbonyl (C=O) groups excluding carboxylic acids is 2. The average Bonchev–Trinajstić information content (AvgIpc) is 3.26. The minimum Gasteiger partial charge on any atom is -0.487 e. The van der Waals surface area contributed by atoms with Gasteiger partial charge >= 0.3 is 0 Å². The number of hydrogen-bond acceptors (Lipinski definition) is 6. The molecule has 3 aliphatic heterocycles. The quantitative estimate of drug-likeness (QED) is 0.542. The molecule has 0 bridgehead atoms. The van der Waals surface area contributed by atoms with Gasteiger partial charge in [0.25, 0.3) is 0 Å². The first-order chi connectivity index (χ1) is 17.5. The van der Waals surface area contributed by atoms with Crippen molar-refractivity contribution in [1.29, 1.82) is 0 Å². The van der Waals surface area contributed by atoms with Crippen molar-refractivity contribution < 1.29 is 33.3 Å². The predicted molar refractivity (Wildman–Crippen MR) is 129 cm³/mol. The summed E-state index contributed by atoms with van der Waals surface area (Å²) < 4.78 is 31.3. The number of halogens is 1. The molecule has 8 nitrogen and oxygen atoms in total. The summed E-state index contributed by atoms with van der Waals surface area (Å²) in [5, 5.41) is 15.7. The van der Waals surface area contributed by atoms with Crippen LogP contribution in [0.15, 0.2) is 42.5 Å². The lowest BCUT2D eigenvalue weighted by Gasteiger charge is -2.37. The number of hydrogen-bond donors (Lipinski definition) is 3. The van der Waals surface area contributed by atoms with Crippen molar-refractivity contribution in [3.05, 3.63) is 59.4 Å². The zero-order valence-corrected chi connectivity index (χ0v) is 20.0. The van der Waals surface area contributed by atoms with E-state index >= 15 is 0 Å². The number of aliphatic hydroxyl groups is 1. The highest BCUT2D eigenvalue weighted by Gasteiger charge is 2.46. The maximum absolute atomic E-state index is 13.9. The molecule has 9 heteroatoms. The van der Waals surface area contributed by atoms with Crippen molar-refractivity contribution >= 4 is 17.5 Å². The summed E-state index contributed by atoms with van der Waals surface area (Å²) in [4.78, 5) is 25.3. The van der Waals surface area contributed by atoms with E-state index in [0.717, 1.165) is 5.56 Å². The van der Waals surface area contributed by atoms with Gasteiger partial charge in [0.2, 0.25) is 11.8 Å². The van der Waals surface area contributed by atoms with Crippen molar-refractivity contribution in [2.45, 2.75) is 56.5 Å². The van der Waals surface area contributed by atoms with Crippen LogP contribution in [0.5, 0.6) is 5.75 Å². The molecule has 3 N–H and O–H groups in total. The molecule has 5 rings (SSSR count). The molecule has 2 saturated heterocycles. The number of aliphatic hydroxyl groups excluding tert-OH is 1. The molecule has 0 unspecified atom stereocenters. The Morgan fingerprint density at radius 2 is 1.92 bits per heavy atom. The van der Waals surface area contributed by atoms with Gasteiger partial charge in [0.1, 0.15) is 23.8 Å². The zero-order chi connectivity index (χ0) is 25.1. The molecule has 2 aromatic rings. The Hall–Kier alpha value is -3.01. The van der Waals surface area contributed by atoms with E-state index in [1.165, 1.54) is 6.07 Å². The Bertz CT molecular complexity index is 1110. The molecule has 0 spiro atoms. The van der Waals surface area contributed by atoms with Crippen LogP contribution < -0.4 is 15.4 Å². The first kappa shape index (κ1) is 24.7. The Kier molecular flexibility index (Phi) is 7.50. The van der Waals surface area contributed by atoms with Gasteiger partial charge in [-0.2, -0.15) is 0 Å². The highest BCUT2D eigenvalue weighted by molar-refractivity contribution is 5.92. The zero-order valence-electron chi connectivity index (χ0n) is 20.0. The van der Waals surface area contributed by atoms with Gasteiger partial charge in [-0.1, -0.05) is 18.2 Å². The number of fused-ring (bicyclic) bond motifs is 3. The maximum Gasteiger partial charge on any atom is 0.227 e. The lowest BCUT2D eigenvalue weighted by molar-refractivity contribution is -0.142. The topological polar surface area (TPSA) is 106 Å². The summed E-state index contributed by atoms with van der Waals surface area (Å²) in [7, 11) is 0. The van der Waals surface area contributed by atoms with Crippen molar-refractivity contribution in [3.63, 3.8) is 0 Å². The lowest BCUT2D eigenvalue weighted by Crippen LogP contribution is -2.47. The standard InChI is InChI=1S/C27H31FN2O6/c28-22-4-2-1-3-17(22)14-29-25(32)13-19-12-21-20-11-18(30-27(33)16-7-9-34-10-8-16)5-6-23(20)36-26(21)24(15-31)35-19/h1-6,11,16,19,21,24,26,31H,7-10,12-15H2,(H,29,32)(H,30,33)/t19-,21+,24-,26-/m1/s1. The number of ether oxygens (including phenoxy) is 3. The van der Waals surface area contributed by atoms with Crippen LogP contribution in [0.4, 0.5) is 10.1 Å². The van der Waals surface area contributed by atoms with Crippen LogP contribution in [0.2, 0.25) is 0 Å². The normalized spacial score (nSPS) is 25.4. The van der Waals surface area contributed by atoms with Crippen molar-refractivity contribution in [3.8, 4) is 5.75 Å². The number of anilines is 1. The summed E-state index contributed by atoms with van der Waals surface area (Å²) in [6.07, 6.45) is 0.646. The number of amides is 2. The van der Waals surface area contributed by atoms with Crippen molar-refractivity contribution in [1.82, 2.24) is 5.32 Å². The molecular formula is C27H31FN2O6. The average molecular weight is 499 g/mol. The third-order valence-corrected chi connectivity index (χ3v) is 7.21. The molecule has 36 heavy (non-hydrogen) atoms. The van der Waals surface area contributed by atoms with E-state index in [-0.39, 0.29) is 55.1 Å². The molecule has 0 aromatic heterocycles. The molecule has 3 heterocycles. The van der Waals surface area contributed by atoms with Gasteiger partial charge in [-0.15, -0.1) is 0 Å². The Morgan fingerprint density at radius 3 is 2.69 bits per heavy atom. The van der Waals surface area contributed by atoms with Crippen LogP contribution in [-0.2, 0) is 25.6 Å². The van der Waals surface area contributed by atoms with E-state index in [4.69, 9.17) is 14.2 Å². The fourth-order valence-electron chi connectivity index (χ4n) is 5.29. The van der Waals surface area contributed by atoms with E-state index in [9.17, 15) is 19.1 Å². The molecule has 2 aromatic carbocycles. The smallest absolute Gasteiger partial charge is 0.227 e. The largest absolute Gasteiger partial charge is 0.487 e. The predicted octanol–water partition coefficient (Wildman–Crippen LogP) is 2.89. The Balaban J connectivity index is 1.24. The highest BCUT2D eigenvalue weighted by atomic mass is 19.1. The molecule has 0 saturated carbocycles. The number of benzene rings is 2. The second-order valence-electron chi connectivity index (χ2n) is 9.60. The van der Waals surface area contributed by atoms with Gasteiger partial charge in [0.15, 0.2) is 0 Å². The van der Waals surface area contributed by atoms with Crippen LogP contribution in [0.1, 0.15) is 42.7 Å². The fraction of sp³-hybridized carbons (Fsp3) is 0.481. The lowest BCUT2D eigenvalue weighted by atomic mass is 9.84. The van der Waals surface area contributed by atoms with Crippen LogP contribution >= 0.6 is 0 Å². The summed E-state index contributed by atoms with van der Waals surface area (Å²) in [5.74, 6) is -0.0938. The highest BCUT2D eigenvalue weighted by Crippen LogP contribution is 2.47. The van der Waals surface area contributed by atoms with Crippen LogP contribution in [0.3, 0.4) is 0 Å². The molecular weight excluding hydrogens is 467 g/mol. The molecule has 0 aliphatic carbocycles. The Morgan fingerprint density at radius 1 is 1.11 bits per heavy atom. The van der Waals surface area contributed by atoms with E-state index < -0.39 is 12.2 Å². The first-order valence-corrected chi connectivity index (χ1v) is 12.5. The molecule has 0 radical (unpaired) electrons. The van der Waals surface area contributed by atoms with E-state index in [1.54, 1.807) is 18.2 Å². The second kappa shape index (κ2) is 10.9. The molecule has 192 valence electrons. The van der Waals surface area contributed by atoms with Crippen LogP contribution in [0.25, 0.3) is 0 Å². The second-order valence-corrected chi connectivity index (χ2v) is 9.60. The monoisotopic (exact) mass is 498 g/mol. The maximum atomic E-state index is 13.9. The van der Waals surface area contributed by atoms with Gasteiger partial charge in [-0.3, -0.25) is 9.59 Å².